The standard InChI is InChI=1S/C11H11NO2/c12-6-9-5-10(13)1-2-11(9)8-3-4-14-7-8/h1-5,7,13H,6,12H2. The zero-order chi connectivity index (χ0) is 9.97. The number of phenolic OH excluding ortho intramolecular Hbond substituents is 1. The van der Waals surface area contributed by atoms with Crippen LogP contribution in [0, 0.1) is 0 Å². The van der Waals surface area contributed by atoms with Gasteiger partial charge in [0.2, 0.25) is 0 Å². The molecule has 2 rings (SSSR count). The molecule has 0 saturated carbocycles. The molecule has 0 fully saturated rings. The summed E-state index contributed by atoms with van der Waals surface area (Å²) in [6.07, 6.45) is 3.27. The molecule has 0 atom stereocenters. The predicted octanol–water partition coefficient (Wildman–Crippen LogP) is 2.11. The van der Waals surface area contributed by atoms with Gasteiger partial charge >= 0.3 is 0 Å². The first-order valence-electron chi connectivity index (χ1n) is 4.36. The Bertz CT molecular complexity index is 421. The number of phenols is 1. The lowest BCUT2D eigenvalue weighted by Gasteiger charge is -2.05. The van der Waals surface area contributed by atoms with E-state index in [1.807, 2.05) is 12.1 Å². The lowest BCUT2D eigenvalue weighted by Crippen LogP contribution is -1.98. The third-order valence-electron chi connectivity index (χ3n) is 2.14. The summed E-state index contributed by atoms with van der Waals surface area (Å²) in [5, 5.41) is 9.29. The number of hydrogen-bond donors (Lipinski definition) is 2. The number of nitrogens with two attached hydrogens (primary N) is 1. The fourth-order valence-corrected chi connectivity index (χ4v) is 1.45. The second-order valence-electron chi connectivity index (χ2n) is 3.06. The van der Waals surface area contributed by atoms with Crippen LogP contribution in [0.4, 0.5) is 0 Å². The van der Waals surface area contributed by atoms with Crippen molar-refractivity contribution in [1.82, 2.24) is 0 Å². The van der Waals surface area contributed by atoms with Gasteiger partial charge in [-0.2, -0.15) is 0 Å². The highest BCUT2D eigenvalue weighted by Gasteiger charge is 2.05. The van der Waals surface area contributed by atoms with Gasteiger partial charge in [-0.1, -0.05) is 6.07 Å². The molecule has 1 heterocycles. The van der Waals surface area contributed by atoms with Crippen LogP contribution in [-0.4, -0.2) is 5.11 Å². The van der Waals surface area contributed by atoms with E-state index in [9.17, 15) is 5.11 Å². The Morgan fingerprint density at radius 3 is 2.79 bits per heavy atom. The average molecular weight is 189 g/mol. The molecule has 0 amide bonds. The van der Waals surface area contributed by atoms with Crippen molar-refractivity contribution >= 4 is 0 Å². The van der Waals surface area contributed by atoms with Gasteiger partial charge in [-0.15, -0.1) is 0 Å². The first-order valence-corrected chi connectivity index (χ1v) is 4.36. The summed E-state index contributed by atoms with van der Waals surface area (Å²) in [5.41, 5.74) is 8.47. The van der Waals surface area contributed by atoms with Crippen LogP contribution in [0.15, 0.2) is 41.2 Å². The summed E-state index contributed by atoms with van der Waals surface area (Å²) in [6, 6.07) is 7.01. The lowest BCUT2D eigenvalue weighted by atomic mass is 10.0. The molecular weight excluding hydrogens is 178 g/mol. The fraction of sp³-hybridized carbons (Fsp3) is 0.0909. The molecule has 1 aromatic carbocycles. The third kappa shape index (κ3) is 1.49. The van der Waals surface area contributed by atoms with Crippen LogP contribution < -0.4 is 5.73 Å². The zero-order valence-corrected chi connectivity index (χ0v) is 7.60. The molecule has 1 aromatic heterocycles. The number of benzene rings is 1. The third-order valence-corrected chi connectivity index (χ3v) is 2.14. The van der Waals surface area contributed by atoms with E-state index in [1.54, 1.807) is 24.7 Å². The largest absolute Gasteiger partial charge is 0.508 e. The van der Waals surface area contributed by atoms with Crippen LogP contribution in [0.2, 0.25) is 0 Å². The SMILES string of the molecule is NCc1cc(O)ccc1-c1ccoc1. The van der Waals surface area contributed by atoms with Crippen molar-refractivity contribution in [2.75, 3.05) is 0 Å². The van der Waals surface area contributed by atoms with Crippen LogP contribution in [0.25, 0.3) is 11.1 Å². The number of rotatable bonds is 2. The van der Waals surface area contributed by atoms with Gasteiger partial charge in [-0.05, 0) is 29.3 Å². The van der Waals surface area contributed by atoms with Gasteiger partial charge in [0.15, 0.2) is 0 Å². The average Bonchev–Trinajstić information content (AvgIpc) is 2.70. The first-order chi connectivity index (χ1) is 6.81. The van der Waals surface area contributed by atoms with E-state index in [1.165, 1.54) is 0 Å². The second-order valence-corrected chi connectivity index (χ2v) is 3.06. The van der Waals surface area contributed by atoms with Gasteiger partial charge in [0.05, 0.1) is 12.5 Å². The van der Waals surface area contributed by atoms with Crippen LogP contribution in [-0.2, 0) is 6.54 Å². The van der Waals surface area contributed by atoms with Crippen LogP contribution in [0.5, 0.6) is 5.75 Å². The summed E-state index contributed by atoms with van der Waals surface area (Å²) in [6.45, 7) is 0.398. The minimum absolute atomic E-state index is 0.234. The van der Waals surface area contributed by atoms with E-state index in [0.717, 1.165) is 16.7 Å². The Balaban J connectivity index is 2.53. The van der Waals surface area contributed by atoms with Crippen molar-refractivity contribution in [2.45, 2.75) is 6.54 Å². The molecule has 0 spiro atoms. The van der Waals surface area contributed by atoms with E-state index in [0.29, 0.717) is 6.54 Å². The summed E-state index contributed by atoms with van der Waals surface area (Å²) >= 11 is 0. The van der Waals surface area contributed by atoms with Gasteiger partial charge in [0, 0.05) is 12.1 Å². The molecule has 0 radical (unpaired) electrons. The summed E-state index contributed by atoms with van der Waals surface area (Å²) in [4.78, 5) is 0. The molecule has 3 heteroatoms. The van der Waals surface area contributed by atoms with Gasteiger partial charge in [0.1, 0.15) is 5.75 Å². The topological polar surface area (TPSA) is 59.4 Å². The minimum Gasteiger partial charge on any atom is -0.508 e. The van der Waals surface area contributed by atoms with Crippen molar-refractivity contribution in [2.24, 2.45) is 5.73 Å². The van der Waals surface area contributed by atoms with E-state index >= 15 is 0 Å². The van der Waals surface area contributed by atoms with E-state index in [-0.39, 0.29) is 5.75 Å². The molecule has 3 N–H and O–H groups in total. The quantitative estimate of drug-likeness (QED) is 0.760. The highest BCUT2D eigenvalue weighted by molar-refractivity contribution is 5.67. The minimum atomic E-state index is 0.234. The van der Waals surface area contributed by atoms with Gasteiger partial charge in [-0.3, -0.25) is 0 Å². The van der Waals surface area contributed by atoms with Crippen molar-refractivity contribution < 1.29 is 9.52 Å². The van der Waals surface area contributed by atoms with Crippen LogP contribution >= 0.6 is 0 Å². The molecule has 0 saturated heterocycles. The number of furan rings is 1. The Kier molecular flexibility index (Phi) is 2.24. The van der Waals surface area contributed by atoms with Crippen LogP contribution in [0.3, 0.4) is 0 Å². The second kappa shape index (κ2) is 3.55. The van der Waals surface area contributed by atoms with Crippen molar-refractivity contribution in [3.63, 3.8) is 0 Å². The summed E-state index contributed by atoms with van der Waals surface area (Å²) in [5.74, 6) is 0.234. The Morgan fingerprint density at radius 1 is 1.29 bits per heavy atom. The Morgan fingerprint density at radius 2 is 2.14 bits per heavy atom. The molecule has 0 bridgehead atoms. The monoisotopic (exact) mass is 189 g/mol. The molecule has 0 aliphatic heterocycles. The molecule has 14 heavy (non-hydrogen) atoms. The molecule has 0 aliphatic rings. The zero-order valence-electron chi connectivity index (χ0n) is 7.60. The maximum atomic E-state index is 9.29. The van der Waals surface area contributed by atoms with Gasteiger partial charge < -0.3 is 15.3 Å². The molecule has 2 aromatic rings. The van der Waals surface area contributed by atoms with Crippen molar-refractivity contribution in [3.8, 4) is 16.9 Å². The highest BCUT2D eigenvalue weighted by atomic mass is 16.3. The van der Waals surface area contributed by atoms with Crippen molar-refractivity contribution in [1.29, 1.82) is 0 Å². The van der Waals surface area contributed by atoms with Gasteiger partial charge in [0.25, 0.3) is 0 Å². The molecule has 0 unspecified atom stereocenters. The van der Waals surface area contributed by atoms with Gasteiger partial charge in [-0.25, -0.2) is 0 Å². The maximum absolute atomic E-state index is 9.29. The molecule has 3 nitrogen and oxygen atoms in total. The summed E-state index contributed by atoms with van der Waals surface area (Å²) in [7, 11) is 0. The summed E-state index contributed by atoms with van der Waals surface area (Å²) < 4.78 is 5.00. The van der Waals surface area contributed by atoms with E-state index < -0.39 is 0 Å². The predicted molar refractivity (Wildman–Crippen MR) is 53.7 cm³/mol. The highest BCUT2D eigenvalue weighted by Crippen LogP contribution is 2.26. The maximum Gasteiger partial charge on any atom is 0.115 e. The smallest absolute Gasteiger partial charge is 0.115 e. The van der Waals surface area contributed by atoms with Crippen molar-refractivity contribution in [3.05, 3.63) is 42.4 Å². The molecular formula is C11H11NO2. The lowest BCUT2D eigenvalue weighted by molar-refractivity contribution is 0.474. The van der Waals surface area contributed by atoms with E-state index in [4.69, 9.17) is 10.2 Å². The number of aromatic hydroxyl groups is 1. The molecule has 72 valence electrons. The fourth-order valence-electron chi connectivity index (χ4n) is 1.45. The molecule has 0 aliphatic carbocycles. The van der Waals surface area contributed by atoms with Crippen LogP contribution in [0.1, 0.15) is 5.56 Å². The number of hydrogen-bond acceptors (Lipinski definition) is 3. The first kappa shape index (κ1) is 8.84. The Hall–Kier alpha value is -1.74. The Labute approximate surface area is 81.8 Å². The normalized spacial score (nSPS) is 10.4. The van der Waals surface area contributed by atoms with E-state index in [2.05, 4.69) is 0 Å².